The lowest BCUT2D eigenvalue weighted by Gasteiger charge is -2.47. The molecule has 2 aromatic rings. The van der Waals surface area contributed by atoms with Crippen molar-refractivity contribution in [2.24, 2.45) is 11.1 Å². The average Bonchev–Trinajstić information content (AvgIpc) is 3.36. The van der Waals surface area contributed by atoms with Crippen LogP contribution in [0.25, 0.3) is 0 Å². The molecule has 2 aromatic carbocycles. The number of aliphatic carboxylic acids is 1. The number of carboxylic acids is 1. The van der Waals surface area contributed by atoms with E-state index in [-0.39, 0.29) is 10.6 Å². The van der Waals surface area contributed by atoms with Gasteiger partial charge in [0.15, 0.2) is 0 Å². The molecular formula is C32H40Cl2FN5O4. The number of carboxylic acid groups (broad SMARTS) is 1. The number of halogens is 3. The molecule has 3 heterocycles. The molecule has 2 saturated heterocycles. The molecule has 3 aliphatic heterocycles. The molecule has 0 radical (unpaired) electrons. The SMILES string of the molecule is CC(C)N1CCN(C(C(N)=O)N2C(C(=O)O)C(c3cccc(Cl)c3F)C3(C(=O)Nc4cc(Cl)ccc43)C2CC(C)(C)C)CC1. The first-order valence-electron chi connectivity index (χ1n) is 14.9. The van der Waals surface area contributed by atoms with E-state index in [0.717, 1.165) is 0 Å². The van der Waals surface area contributed by atoms with Crippen LogP contribution in [0.15, 0.2) is 36.4 Å². The molecule has 2 fully saturated rings. The summed E-state index contributed by atoms with van der Waals surface area (Å²) in [5, 5.41) is 14.1. The van der Waals surface area contributed by atoms with E-state index in [9.17, 15) is 19.5 Å². The number of carbonyl (C=O) groups is 3. The largest absolute Gasteiger partial charge is 0.480 e. The number of amides is 2. The molecule has 0 saturated carbocycles. The van der Waals surface area contributed by atoms with Crippen molar-refractivity contribution in [1.29, 1.82) is 0 Å². The predicted octanol–water partition coefficient (Wildman–Crippen LogP) is 4.52. The van der Waals surface area contributed by atoms with Crippen LogP contribution in [-0.4, -0.2) is 88.1 Å². The Morgan fingerprint density at radius 1 is 1.11 bits per heavy atom. The number of nitrogens with two attached hydrogens (primary N) is 1. The van der Waals surface area contributed by atoms with Crippen molar-refractivity contribution in [2.75, 3.05) is 31.5 Å². The molecule has 5 atom stereocenters. The Bertz CT molecular complexity index is 1480. The van der Waals surface area contributed by atoms with Crippen molar-refractivity contribution < 1.29 is 23.9 Å². The first-order chi connectivity index (χ1) is 20.6. The van der Waals surface area contributed by atoms with E-state index < -0.39 is 58.6 Å². The molecule has 9 nitrogen and oxygen atoms in total. The quantitative estimate of drug-likeness (QED) is 0.404. The molecule has 5 rings (SSSR count). The molecule has 5 unspecified atom stereocenters. The molecule has 1 spiro atoms. The van der Waals surface area contributed by atoms with Crippen molar-refractivity contribution in [3.05, 3.63) is 63.4 Å². The highest BCUT2D eigenvalue weighted by Crippen LogP contribution is 2.61. The molecule has 2 amide bonds. The highest BCUT2D eigenvalue weighted by Gasteiger charge is 2.71. The number of anilines is 1. The fourth-order valence-electron chi connectivity index (χ4n) is 7.65. The molecule has 0 aromatic heterocycles. The smallest absolute Gasteiger partial charge is 0.321 e. The minimum atomic E-state index is -1.63. The van der Waals surface area contributed by atoms with Gasteiger partial charge >= 0.3 is 5.97 Å². The zero-order chi connectivity index (χ0) is 32.3. The highest BCUT2D eigenvalue weighted by molar-refractivity contribution is 6.31. The summed E-state index contributed by atoms with van der Waals surface area (Å²) in [7, 11) is 0. The Labute approximate surface area is 267 Å². The van der Waals surface area contributed by atoms with Crippen LogP contribution in [0.3, 0.4) is 0 Å². The van der Waals surface area contributed by atoms with Gasteiger partial charge in [0.25, 0.3) is 0 Å². The van der Waals surface area contributed by atoms with E-state index >= 15 is 4.39 Å². The maximum absolute atomic E-state index is 16.1. The van der Waals surface area contributed by atoms with Gasteiger partial charge in [-0.1, -0.05) is 62.2 Å². The summed E-state index contributed by atoms with van der Waals surface area (Å²) < 4.78 is 16.1. The summed E-state index contributed by atoms with van der Waals surface area (Å²) in [5.74, 6) is -4.60. The van der Waals surface area contributed by atoms with Crippen molar-refractivity contribution >= 4 is 46.7 Å². The van der Waals surface area contributed by atoms with Gasteiger partial charge < -0.3 is 16.2 Å². The number of piperazine rings is 1. The summed E-state index contributed by atoms with van der Waals surface area (Å²) in [6.45, 7) is 12.4. The van der Waals surface area contributed by atoms with E-state index in [1.807, 2.05) is 25.7 Å². The van der Waals surface area contributed by atoms with Gasteiger partial charge in [-0.15, -0.1) is 0 Å². The van der Waals surface area contributed by atoms with E-state index in [2.05, 4.69) is 24.1 Å². The fraction of sp³-hybridized carbons (Fsp3) is 0.531. The summed E-state index contributed by atoms with van der Waals surface area (Å²) in [5.41, 5.74) is 4.98. The van der Waals surface area contributed by atoms with Gasteiger partial charge in [-0.05, 0) is 55.0 Å². The average molecular weight is 649 g/mol. The topological polar surface area (TPSA) is 119 Å². The Morgan fingerprint density at radius 3 is 2.32 bits per heavy atom. The Kier molecular flexibility index (Phi) is 8.80. The van der Waals surface area contributed by atoms with Crippen LogP contribution in [0.5, 0.6) is 0 Å². The van der Waals surface area contributed by atoms with Gasteiger partial charge in [0.2, 0.25) is 11.8 Å². The van der Waals surface area contributed by atoms with Gasteiger partial charge in [-0.25, -0.2) is 4.39 Å². The summed E-state index contributed by atoms with van der Waals surface area (Å²) in [6, 6.07) is 7.24. The first kappa shape index (κ1) is 32.6. The number of fused-ring (bicyclic) bond motifs is 2. The zero-order valence-corrected chi connectivity index (χ0v) is 27.1. The lowest BCUT2D eigenvalue weighted by atomic mass is 9.62. The van der Waals surface area contributed by atoms with Crippen LogP contribution in [0, 0.1) is 11.2 Å². The van der Waals surface area contributed by atoms with Gasteiger partial charge in [0.1, 0.15) is 23.4 Å². The molecule has 238 valence electrons. The summed E-state index contributed by atoms with van der Waals surface area (Å²) in [4.78, 5) is 47.4. The van der Waals surface area contributed by atoms with E-state index in [1.54, 1.807) is 29.2 Å². The molecule has 12 heteroatoms. The second kappa shape index (κ2) is 11.9. The number of hydrogen-bond acceptors (Lipinski definition) is 6. The monoisotopic (exact) mass is 647 g/mol. The highest BCUT2D eigenvalue weighted by atomic mass is 35.5. The Balaban J connectivity index is 1.82. The van der Waals surface area contributed by atoms with Crippen LogP contribution in [0.4, 0.5) is 10.1 Å². The molecular weight excluding hydrogens is 608 g/mol. The number of hydrogen-bond donors (Lipinski definition) is 3. The summed E-state index contributed by atoms with van der Waals surface area (Å²) >= 11 is 12.6. The minimum absolute atomic E-state index is 0.0166. The van der Waals surface area contributed by atoms with Crippen LogP contribution >= 0.6 is 23.2 Å². The number of nitrogens with zero attached hydrogens (tertiary/aromatic N) is 3. The molecule has 4 N–H and O–H groups in total. The normalized spacial score (nSPS) is 27.1. The number of likely N-dealkylation sites (tertiary alicyclic amines) is 1. The molecule has 44 heavy (non-hydrogen) atoms. The standard InChI is InChI=1S/C32H40Cl2FN5O4/c1-17(2)38-11-13-39(14-12-38)28(27(36)41)40-23(16-31(3,4)5)32(20-10-9-18(33)15-22(20)37-30(32)44)24(26(40)29(42)43)19-7-6-8-21(34)25(19)35/h6-10,15,17,23-24,26,28H,11-14,16H2,1-5H3,(H2,36,41)(H,37,44)(H,42,43). The van der Waals surface area contributed by atoms with Gasteiger partial charge in [-0.3, -0.25) is 29.1 Å². The third-order valence-electron chi connectivity index (χ3n) is 9.40. The van der Waals surface area contributed by atoms with Crippen LogP contribution in [-0.2, 0) is 19.8 Å². The van der Waals surface area contributed by atoms with Crippen molar-refractivity contribution in [3.63, 3.8) is 0 Å². The third-order valence-corrected chi connectivity index (χ3v) is 9.93. The molecule has 0 aliphatic carbocycles. The van der Waals surface area contributed by atoms with Crippen molar-refractivity contribution in [2.45, 2.75) is 76.7 Å². The maximum atomic E-state index is 16.1. The fourth-order valence-corrected chi connectivity index (χ4v) is 8.01. The van der Waals surface area contributed by atoms with Crippen LogP contribution in [0.2, 0.25) is 10.0 Å². The number of nitrogens with one attached hydrogen (secondary N) is 1. The lowest BCUT2D eigenvalue weighted by molar-refractivity contribution is -0.151. The number of primary amides is 1. The molecule has 3 aliphatic rings. The van der Waals surface area contributed by atoms with Crippen molar-refractivity contribution in [3.8, 4) is 0 Å². The number of benzene rings is 2. The van der Waals surface area contributed by atoms with Crippen molar-refractivity contribution in [1.82, 2.24) is 14.7 Å². The van der Waals surface area contributed by atoms with Gasteiger partial charge in [0, 0.05) is 54.9 Å². The van der Waals surface area contributed by atoms with Crippen LogP contribution in [0.1, 0.15) is 58.1 Å². The van der Waals surface area contributed by atoms with Gasteiger partial charge in [-0.2, -0.15) is 0 Å². The second-order valence-electron chi connectivity index (χ2n) is 13.6. The lowest BCUT2D eigenvalue weighted by Crippen LogP contribution is -2.65. The third kappa shape index (κ3) is 5.38. The second-order valence-corrected chi connectivity index (χ2v) is 14.4. The van der Waals surface area contributed by atoms with E-state index in [4.69, 9.17) is 28.9 Å². The zero-order valence-electron chi connectivity index (χ0n) is 25.6. The maximum Gasteiger partial charge on any atom is 0.321 e. The van der Waals surface area contributed by atoms with Gasteiger partial charge in [0.05, 0.1) is 5.02 Å². The van der Waals surface area contributed by atoms with E-state index in [1.165, 1.54) is 12.1 Å². The van der Waals surface area contributed by atoms with E-state index in [0.29, 0.717) is 54.9 Å². The predicted molar refractivity (Wildman–Crippen MR) is 168 cm³/mol. The number of carbonyl (C=O) groups excluding carboxylic acids is 2. The van der Waals surface area contributed by atoms with Crippen LogP contribution < -0.4 is 11.1 Å². The Hall–Kier alpha value is -2.76. The Morgan fingerprint density at radius 2 is 1.75 bits per heavy atom. The first-order valence-corrected chi connectivity index (χ1v) is 15.7. The summed E-state index contributed by atoms with van der Waals surface area (Å²) in [6.07, 6.45) is -0.883. The minimum Gasteiger partial charge on any atom is -0.480 e. The molecule has 0 bridgehead atoms. The number of rotatable bonds is 7.